The first-order chi connectivity index (χ1) is 11.5. The van der Waals surface area contributed by atoms with Crippen molar-refractivity contribution in [2.75, 3.05) is 6.61 Å². The van der Waals surface area contributed by atoms with Crippen LogP contribution in [0.4, 0.5) is 0 Å². The Morgan fingerprint density at radius 3 is 2.88 bits per heavy atom. The van der Waals surface area contributed by atoms with E-state index in [-0.39, 0.29) is 18.7 Å². The van der Waals surface area contributed by atoms with Gasteiger partial charge in [0.25, 0.3) is 5.56 Å². The largest absolute Gasteiger partial charge is 0.463 e. The molecule has 2 atom stereocenters. The van der Waals surface area contributed by atoms with Gasteiger partial charge in [-0.15, -0.1) is 0 Å². The van der Waals surface area contributed by atoms with Gasteiger partial charge in [-0.2, -0.15) is 0 Å². The number of hydrogen-bond acceptors (Lipinski definition) is 5. The molecular weight excluding hydrogens is 312 g/mol. The van der Waals surface area contributed by atoms with Gasteiger partial charge < -0.3 is 9.47 Å². The van der Waals surface area contributed by atoms with Gasteiger partial charge in [0, 0.05) is 30.7 Å². The van der Waals surface area contributed by atoms with Crippen molar-refractivity contribution in [3.8, 4) is 0 Å². The highest BCUT2D eigenvalue weighted by atomic mass is 16.6. The van der Waals surface area contributed by atoms with E-state index >= 15 is 0 Å². The predicted molar refractivity (Wildman–Crippen MR) is 85.9 cm³/mol. The average molecular weight is 330 g/mol. The number of esters is 1. The fourth-order valence-electron chi connectivity index (χ4n) is 2.79. The molecule has 0 fully saturated rings. The lowest BCUT2D eigenvalue weighted by atomic mass is 9.97. The second kappa shape index (κ2) is 6.45. The second-order valence-electron chi connectivity index (χ2n) is 5.79. The number of rotatable bonds is 3. The van der Waals surface area contributed by atoms with Crippen LogP contribution >= 0.6 is 0 Å². The van der Waals surface area contributed by atoms with Gasteiger partial charge in [-0.1, -0.05) is 24.3 Å². The normalized spacial score (nSPS) is 19.6. The molecule has 2 heterocycles. The minimum atomic E-state index is -0.682. The van der Waals surface area contributed by atoms with Crippen LogP contribution in [0.5, 0.6) is 0 Å². The number of benzene rings is 1. The quantitative estimate of drug-likeness (QED) is 0.844. The van der Waals surface area contributed by atoms with E-state index in [0.29, 0.717) is 12.0 Å². The number of carbonyl (C=O) groups excluding carboxylic acids is 1. The van der Waals surface area contributed by atoms with Crippen molar-refractivity contribution in [1.82, 2.24) is 9.55 Å². The van der Waals surface area contributed by atoms with Crippen LogP contribution in [0.1, 0.15) is 29.8 Å². The summed E-state index contributed by atoms with van der Waals surface area (Å²) >= 11 is 0. The molecule has 1 aromatic carbocycles. The second-order valence-corrected chi connectivity index (χ2v) is 5.79. The zero-order chi connectivity index (χ0) is 17.3. The lowest BCUT2D eigenvalue weighted by molar-refractivity contribution is -0.148. The van der Waals surface area contributed by atoms with E-state index in [1.165, 1.54) is 17.7 Å². The Labute approximate surface area is 137 Å². The van der Waals surface area contributed by atoms with Crippen LogP contribution in [-0.2, 0) is 20.7 Å². The zero-order valence-electron chi connectivity index (χ0n) is 13.4. The number of aryl methyl sites for hydroxylation is 1. The summed E-state index contributed by atoms with van der Waals surface area (Å²) in [5.41, 5.74) is 1.32. The molecule has 0 aliphatic carbocycles. The van der Waals surface area contributed by atoms with Crippen molar-refractivity contribution in [3.63, 3.8) is 0 Å². The first-order valence-electron chi connectivity index (χ1n) is 7.64. The number of H-pyrrole nitrogens is 1. The molecule has 1 aromatic heterocycles. The van der Waals surface area contributed by atoms with E-state index in [1.807, 2.05) is 24.3 Å². The molecular formula is C17H18N2O5. The van der Waals surface area contributed by atoms with Crippen molar-refractivity contribution < 1.29 is 14.3 Å². The van der Waals surface area contributed by atoms with Crippen LogP contribution in [-0.4, -0.2) is 28.2 Å². The van der Waals surface area contributed by atoms with Crippen molar-refractivity contribution in [2.45, 2.75) is 32.6 Å². The Morgan fingerprint density at radius 2 is 2.12 bits per heavy atom. The molecule has 7 nitrogen and oxygen atoms in total. The van der Waals surface area contributed by atoms with Gasteiger partial charge in [-0.05, 0) is 12.5 Å². The van der Waals surface area contributed by atoms with Crippen LogP contribution in [0.15, 0.2) is 40.1 Å². The van der Waals surface area contributed by atoms with Crippen LogP contribution in [0, 0.1) is 6.92 Å². The number of carbonyl (C=O) groups is 1. The molecule has 1 N–H and O–H groups in total. The number of nitrogens with zero attached hydrogens (tertiary/aromatic N) is 1. The van der Waals surface area contributed by atoms with Crippen LogP contribution < -0.4 is 11.2 Å². The molecule has 0 unspecified atom stereocenters. The number of hydrogen-bond donors (Lipinski definition) is 1. The fraction of sp³-hybridized carbons (Fsp3) is 0.353. The van der Waals surface area contributed by atoms with Gasteiger partial charge in [-0.3, -0.25) is 19.1 Å². The molecule has 2 aromatic rings. The van der Waals surface area contributed by atoms with Crippen molar-refractivity contribution in [1.29, 1.82) is 0 Å². The Bertz CT molecular complexity index is 883. The van der Waals surface area contributed by atoms with Gasteiger partial charge in [0.05, 0.1) is 6.10 Å². The SMILES string of the molecule is CC(=O)OC[C@@H]1Cc2ccccc2[C@H](n2cc(C)c(=O)[nH]c2=O)O1. The fourth-order valence-corrected chi connectivity index (χ4v) is 2.79. The smallest absolute Gasteiger partial charge is 0.330 e. The van der Waals surface area contributed by atoms with E-state index in [0.717, 1.165) is 11.1 Å². The van der Waals surface area contributed by atoms with Crippen LogP contribution in [0.25, 0.3) is 0 Å². The summed E-state index contributed by atoms with van der Waals surface area (Å²) in [7, 11) is 0. The standard InChI is InChI=1S/C17H18N2O5/c1-10-8-19(17(22)18-15(10)21)16-14-6-4-3-5-12(14)7-13(24-16)9-23-11(2)20/h3-6,8,13,16H,7,9H2,1-2H3,(H,18,21,22)/t13-,16+/m0/s1. The molecule has 1 aliphatic rings. The van der Waals surface area contributed by atoms with Crippen molar-refractivity contribution in [3.05, 3.63) is 68.0 Å². The third-order valence-electron chi connectivity index (χ3n) is 3.96. The molecule has 0 amide bonds. The Hall–Kier alpha value is -2.67. The Balaban J connectivity index is 2.02. The highest BCUT2D eigenvalue weighted by Gasteiger charge is 2.30. The summed E-state index contributed by atoms with van der Waals surface area (Å²) in [5, 5.41) is 0. The number of aromatic nitrogens is 2. The molecule has 3 rings (SSSR count). The van der Waals surface area contributed by atoms with Crippen molar-refractivity contribution >= 4 is 5.97 Å². The molecule has 126 valence electrons. The predicted octanol–water partition coefficient (Wildman–Crippen LogP) is 0.896. The summed E-state index contributed by atoms with van der Waals surface area (Å²) in [5.74, 6) is -0.383. The van der Waals surface area contributed by atoms with E-state index in [9.17, 15) is 14.4 Å². The summed E-state index contributed by atoms with van der Waals surface area (Å²) < 4.78 is 12.4. The van der Waals surface area contributed by atoms with Gasteiger partial charge >= 0.3 is 11.7 Å². The third-order valence-corrected chi connectivity index (χ3v) is 3.96. The van der Waals surface area contributed by atoms with Gasteiger partial charge in [0.1, 0.15) is 6.61 Å². The van der Waals surface area contributed by atoms with E-state index < -0.39 is 17.5 Å². The summed E-state index contributed by atoms with van der Waals surface area (Å²) in [6.07, 6.45) is 1.01. The first-order valence-corrected chi connectivity index (χ1v) is 7.64. The maximum Gasteiger partial charge on any atom is 0.330 e. The Morgan fingerprint density at radius 1 is 1.38 bits per heavy atom. The van der Waals surface area contributed by atoms with E-state index in [4.69, 9.17) is 9.47 Å². The molecule has 0 saturated heterocycles. The molecule has 0 saturated carbocycles. The lowest BCUT2D eigenvalue weighted by Crippen LogP contribution is -2.40. The topological polar surface area (TPSA) is 90.4 Å². The highest BCUT2D eigenvalue weighted by molar-refractivity contribution is 5.65. The van der Waals surface area contributed by atoms with Crippen LogP contribution in [0.2, 0.25) is 0 Å². The Kier molecular flexibility index (Phi) is 4.35. The number of aromatic amines is 1. The molecule has 24 heavy (non-hydrogen) atoms. The van der Waals surface area contributed by atoms with Gasteiger partial charge in [-0.25, -0.2) is 4.79 Å². The monoisotopic (exact) mass is 330 g/mol. The highest BCUT2D eigenvalue weighted by Crippen LogP contribution is 2.30. The molecule has 1 aliphatic heterocycles. The number of nitrogens with one attached hydrogen (secondary N) is 1. The minimum Gasteiger partial charge on any atom is -0.463 e. The number of fused-ring (bicyclic) bond motifs is 1. The third kappa shape index (κ3) is 3.16. The summed E-state index contributed by atoms with van der Waals surface area (Å²) in [6, 6.07) is 7.61. The molecule has 7 heteroatoms. The summed E-state index contributed by atoms with van der Waals surface area (Å²) in [6.45, 7) is 3.07. The zero-order valence-corrected chi connectivity index (χ0v) is 13.4. The molecule has 0 spiro atoms. The summed E-state index contributed by atoms with van der Waals surface area (Å²) in [4.78, 5) is 37.1. The van der Waals surface area contributed by atoms with E-state index in [2.05, 4.69) is 4.98 Å². The van der Waals surface area contributed by atoms with Crippen molar-refractivity contribution in [2.24, 2.45) is 0 Å². The minimum absolute atomic E-state index is 0.108. The van der Waals surface area contributed by atoms with Gasteiger partial charge in [0.15, 0.2) is 6.23 Å². The lowest BCUT2D eigenvalue weighted by Gasteiger charge is -2.32. The van der Waals surface area contributed by atoms with Gasteiger partial charge in [0.2, 0.25) is 0 Å². The van der Waals surface area contributed by atoms with E-state index in [1.54, 1.807) is 6.92 Å². The maximum atomic E-state index is 12.2. The maximum absolute atomic E-state index is 12.2. The molecule has 0 radical (unpaired) electrons. The molecule has 0 bridgehead atoms. The first kappa shape index (κ1) is 16.2. The number of ether oxygens (including phenoxy) is 2. The average Bonchev–Trinajstić information content (AvgIpc) is 2.55. The van der Waals surface area contributed by atoms with Crippen LogP contribution in [0.3, 0.4) is 0 Å².